The SMILES string of the molecule is O=C(Cc1ccccc1Cl)N[C@H]1CCN(c2nccn3cnnc23)C1. The molecule has 4 rings (SSSR count). The molecule has 25 heavy (non-hydrogen) atoms. The second kappa shape index (κ2) is 6.68. The molecular weight excluding hydrogens is 340 g/mol. The molecule has 128 valence electrons. The van der Waals surface area contributed by atoms with Crippen molar-refractivity contribution >= 4 is 29.0 Å². The van der Waals surface area contributed by atoms with E-state index >= 15 is 0 Å². The Balaban J connectivity index is 1.40. The van der Waals surface area contributed by atoms with Gasteiger partial charge in [-0.25, -0.2) is 4.98 Å². The lowest BCUT2D eigenvalue weighted by molar-refractivity contribution is -0.121. The normalized spacial score (nSPS) is 17.2. The van der Waals surface area contributed by atoms with Gasteiger partial charge in [-0.15, -0.1) is 10.2 Å². The highest BCUT2D eigenvalue weighted by atomic mass is 35.5. The van der Waals surface area contributed by atoms with Crippen LogP contribution in [0, 0.1) is 0 Å². The quantitative estimate of drug-likeness (QED) is 0.770. The lowest BCUT2D eigenvalue weighted by Crippen LogP contribution is -2.38. The summed E-state index contributed by atoms with van der Waals surface area (Å²) in [7, 11) is 0. The minimum atomic E-state index is -0.0198. The number of rotatable bonds is 4. The third-order valence-corrected chi connectivity index (χ3v) is 4.73. The molecule has 0 radical (unpaired) electrons. The van der Waals surface area contributed by atoms with Crippen LogP contribution < -0.4 is 10.2 Å². The minimum Gasteiger partial charge on any atom is -0.351 e. The summed E-state index contributed by atoms with van der Waals surface area (Å²) in [4.78, 5) is 18.9. The molecule has 1 amide bonds. The molecule has 1 N–H and O–H groups in total. The number of hydrogen-bond donors (Lipinski definition) is 1. The Kier molecular flexibility index (Phi) is 4.23. The zero-order valence-corrected chi connectivity index (χ0v) is 14.2. The van der Waals surface area contributed by atoms with E-state index < -0.39 is 0 Å². The Morgan fingerprint density at radius 1 is 1.36 bits per heavy atom. The summed E-state index contributed by atoms with van der Waals surface area (Å²) in [6.07, 6.45) is 6.35. The number of nitrogens with one attached hydrogen (secondary N) is 1. The molecule has 0 aliphatic carbocycles. The van der Waals surface area contributed by atoms with Crippen LogP contribution in [0.5, 0.6) is 0 Å². The van der Waals surface area contributed by atoms with Crippen molar-refractivity contribution in [1.29, 1.82) is 0 Å². The molecule has 1 aromatic carbocycles. The average molecular weight is 357 g/mol. The largest absolute Gasteiger partial charge is 0.351 e. The third-order valence-electron chi connectivity index (χ3n) is 4.36. The van der Waals surface area contributed by atoms with Crippen molar-refractivity contribution in [3.05, 3.63) is 53.6 Å². The summed E-state index contributed by atoms with van der Waals surface area (Å²) < 4.78 is 1.84. The molecule has 0 unspecified atom stereocenters. The van der Waals surface area contributed by atoms with Crippen molar-refractivity contribution in [2.75, 3.05) is 18.0 Å². The molecule has 0 bridgehead atoms. The van der Waals surface area contributed by atoms with E-state index in [4.69, 9.17) is 11.6 Å². The first-order chi connectivity index (χ1) is 12.2. The smallest absolute Gasteiger partial charge is 0.224 e. The van der Waals surface area contributed by atoms with E-state index in [0.29, 0.717) is 11.6 Å². The molecule has 1 aliphatic rings. The predicted octanol–water partition coefficient (Wildman–Crippen LogP) is 1.72. The molecule has 2 aromatic heterocycles. The third kappa shape index (κ3) is 3.28. The second-order valence-electron chi connectivity index (χ2n) is 6.08. The molecule has 1 atom stereocenters. The van der Waals surface area contributed by atoms with E-state index in [-0.39, 0.29) is 18.4 Å². The van der Waals surface area contributed by atoms with Crippen LogP contribution >= 0.6 is 11.6 Å². The Labute approximate surface area is 149 Å². The van der Waals surface area contributed by atoms with Crippen LogP contribution in [0.15, 0.2) is 43.0 Å². The highest BCUT2D eigenvalue weighted by Gasteiger charge is 2.26. The van der Waals surface area contributed by atoms with Crippen LogP contribution in [0.25, 0.3) is 5.65 Å². The maximum absolute atomic E-state index is 12.3. The summed E-state index contributed by atoms with van der Waals surface area (Å²) in [6, 6.07) is 7.50. The van der Waals surface area contributed by atoms with Crippen molar-refractivity contribution in [3.8, 4) is 0 Å². The summed E-state index contributed by atoms with van der Waals surface area (Å²) in [5, 5.41) is 11.7. The minimum absolute atomic E-state index is 0.0198. The number of aromatic nitrogens is 4. The van der Waals surface area contributed by atoms with Gasteiger partial charge in [0.25, 0.3) is 0 Å². The first-order valence-corrected chi connectivity index (χ1v) is 8.50. The molecule has 0 saturated carbocycles. The van der Waals surface area contributed by atoms with Gasteiger partial charge in [-0.1, -0.05) is 29.8 Å². The standard InChI is InChI=1S/C17H17ClN6O/c18-14-4-2-1-3-12(14)9-15(25)21-13-5-7-23(10-13)16-17-22-20-11-24(17)8-6-19-16/h1-4,6,8,11,13H,5,7,9-10H2,(H,21,25)/t13-/m0/s1. The fourth-order valence-corrected chi connectivity index (χ4v) is 3.33. The number of amides is 1. The van der Waals surface area contributed by atoms with E-state index in [0.717, 1.165) is 30.0 Å². The first kappa shape index (κ1) is 15.8. The van der Waals surface area contributed by atoms with Crippen LogP contribution in [0.1, 0.15) is 12.0 Å². The summed E-state index contributed by atoms with van der Waals surface area (Å²) in [5.74, 6) is 0.774. The van der Waals surface area contributed by atoms with E-state index in [9.17, 15) is 4.79 Å². The number of hydrogen-bond acceptors (Lipinski definition) is 5. The van der Waals surface area contributed by atoms with E-state index in [1.54, 1.807) is 18.6 Å². The molecule has 1 aliphatic heterocycles. The highest BCUT2D eigenvalue weighted by Crippen LogP contribution is 2.22. The summed E-state index contributed by atoms with van der Waals surface area (Å²) >= 11 is 6.12. The maximum Gasteiger partial charge on any atom is 0.224 e. The van der Waals surface area contributed by atoms with Crippen LogP contribution in [0.2, 0.25) is 5.02 Å². The molecule has 0 spiro atoms. The number of anilines is 1. The van der Waals surface area contributed by atoms with Gasteiger partial charge in [0, 0.05) is 36.5 Å². The molecule has 7 nitrogen and oxygen atoms in total. The van der Waals surface area contributed by atoms with Gasteiger partial charge < -0.3 is 10.2 Å². The van der Waals surface area contributed by atoms with Gasteiger partial charge in [0.2, 0.25) is 11.6 Å². The number of halogens is 1. The van der Waals surface area contributed by atoms with Crippen LogP contribution in [-0.2, 0) is 11.2 Å². The molecular formula is C17H17ClN6O. The predicted molar refractivity (Wildman–Crippen MR) is 94.7 cm³/mol. The van der Waals surface area contributed by atoms with Crippen molar-refractivity contribution in [2.45, 2.75) is 18.9 Å². The Bertz CT molecular complexity index is 911. The first-order valence-electron chi connectivity index (χ1n) is 8.13. The zero-order valence-electron chi connectivity index (χ0n) is 13.5. The summed E-state index contributed by atoms with van der Waals surface area (Å²) in [5.41, 5.74) is 1.57. The lowest BCUT2D eigenvalue weighted by atomic mass is 10.1. The van der Waals surface area contributed by atoms with Crippen LogP contribution in [0.4, 0.5) is 5.82 Å². The van der Waals surface area contributed by atoms with Crippen LogP contribution in [-0.4, -0.2) is 44.6 Å². The van der Waals surface area contributed by atoms with Gasteiger partial charge in [-0.2, -0.15) is 0 Å². The van der Waals surface area contributed by atoms with Gasteiger partial charge in [0.1, 0.15) is 6.33 Å². The maximum atomic E-state index is 12.3. The highest BCUT2D eigenvalue weighted by molar-refractivity contribution is 6.31. The Hall–Kier alpha value is -2.67. The molecule has 3 heterocycles. The van der Waals surface area contributed by atoms with Crippen molar-refractivity contribution < 1.29 is 4.79 Å². The second-order valence-corrected chi connectivity index (χ2v) is 6.49. The molecule has 3 aromatic rings. The van der Waals surface area contributed by atoms with Gasteiger partial charge in [0.05, 0.1) is 6.42 Å². The van der Waals surface area contributed by atoms with Gasteiger partial charge in [-0.3, -0.25) is 9.20 Å². The van der Waals surface area contributed by atoms with Crippen molar-refractivity contribution in [3.63, 3.8) is 0 Å². The molecule has 1 saturated heterocycles. The monoisotopic (exact) mass is 356 g/mol. The Morgan fingerprint density at radius 3 is 3.12 bits per heavy atom. The number of benzene rings is 1. The zero-order chi connectivity index (χ0) is 17.2. The fourth-order valence-electron chi connectivity index (χ4n) is 3.13. The topological polar surface area (TPSA) is 75.4 Å². The van der Waals surface area contributed by atoms with Crippen molar-refractivity contribution in [2.24, 2.45) is 0 Å². The number of carbonyl (C=O) groups is 1. The van der Waals surface area contributed by atoms with Gasteiger partial charge in [0.15, 0.2) is 5.82 Å². The van der Waals surface area contributed by atoms with Gasteiger partial charge in [-0.05, 0) is 18.1 Å². The molecule has 1 fully saturated rings. The van der Waals surface area contributed by atoms with E-state index in [1.165, 1.54) is 0 Å². The van der Waals surface area contributed by atoms with Crippen molar-refractivity contribution in [1.82, 2.24) is 24.9 Å². The average Bonchev–Trinajstić information content (AvgIpc) is 3.25. The molecule has 8 heteroatoms. The number of nitrogens with zero attached hydrogens (tertiary/aromatic N) is 5. The lowest BCUT2D eigenvalue weighted by Gasteiger charge is -2.18. The van der Waals surface area contributed by atoms with Gasteiger partial charge >= 0.3 is 0 Å². The van der Waals surface area contributed by atoms with Crippen LogP contribution in [0.3, 0.4) is 0 Å². The van der Waals surface area contributed by atoms with E-state index in [1.807, 2.05) is 28.8 Å². The Morgan fingerprint density at radius 2 is 2.24 bits per heavy atom. The number of fused-ring (bicyclic) bond motifs is 1. The fraction of sp³-hybridized carbons (Fsp3) is 0.294. The number of carbonyl (C=O) groups excluding carboxylic acids is 1. The summed E-state index contributed by atoms with van der Waals surface area (Å²) in [6.45, 7) is 1.52. The van der Waals surface area contributed by atoms with E-state index in [2.05, 4.69) is 25.4 Å².